The van der Waals surface area contributed by atoms with Crippen molar-refractivity contribution < 1.29 is 4.42 Å². The number of rotatable bonds is 7. The lowest BCUT2D eigenvalue weighted by atomic mass is 10.1. The van der Waals surface area contributed by atoms with Gasteiger partial charge in [-0.3, -0.25) is 0 Å². The van der Waals surface area contributed by atoms with Crippen LogP contribution in [0.4, 0.5) is 0 Å². The predicted molar refractivity (Wildman–Crippen MR) is 206 cm³/mol. The highest BCUT2D eigenvalue weighted by molar-refractivity contribution is 7.26. The molecule has 50 heavy (non-hydrogen) atoms. The maximum absolute atomic E-state index is 6.26. The first-order chi connectivity index (χ1) is 24.7. The molecule has 0 bridgehead atoms. The van der Waals surface area contributed by atoms with E-state index in [-0.39, 0.29) is 0 Å². The summed E-state index contributed by atoms with van der Waals surface area (Å²) in [6, 6.07) is 40.8. The molecular formula is C43H27N5OS. The highest BCUT2D eigenvalue weighted by atomic mass is 32.1. The standard InChI is InChI=1S/C43H27N5OS/c1-2-3-4-11-22-34-38-37(31-19-12-13-23-35(31)49-38)45-43(44-34)32-21-14-20-30-33-26-29(24-25-36(33)50-39(30)32)42-47-40(27-15-7-5-8-16-27)46-41(48-42)28-17-9-6-10-18-28/h2-26H,1H2/b4-3-,22-11+. The Morgan fingerprint density at radius 1 is 0.540 bits per heavy atom. The number of allylic oxidation sites excluding steroid dienone is 4. The molecule has 7 heteroatoms. The van der Waals surface area contributed by atoms with E-state index in [1.54, 1.807) is 17.4 Å². The van der Waals surface area contributed by atoms with Gasteiger partial charge in [-0.15, -0.1) is 11.3 Å². The molecule has 0 aliphatic heterocycles. The normalized spacial score (nSPS) is 11.9. The minimum absolute atomic E-state index is 0.623. The molecule has 0 unspecified atom stereocenters. The molecule has 0 aliphatic carbocycles. The quantitative estimate of drug-likeness (QED) is 0.158. The van der Waals surface area contributed by atoms with Crippen LogP contribution in [0.5, 0.6) is 0 Å². The van der Waals surface area contributed by atoms with E-state index in [9.17, 15) is 0 Å². The van der Waals surface area contributed by atoms with E-state index < -0.39 is 0 Å². The molecule has 0 atom stereocenters. The second-order valence-electron chi connectivity index (χ2n) is 11.7. The average molecular weight is 662 g/mol. The van der Waals surface area contributed by atoms with E-state index in [0.717, 1.165) is 58.9 Å². The Morgan fingerprint density at radius 2 is 1.22 bits per heavy atom. The largest absolute Gasteiger partial charge is 0.452 e. The predicted octanol–water partition coefficient (Wildman–Crippen LogP) is 11.4. The molecule has 4 aromatic heterocycles. The minimum Gasteiger partial charge on any atom is -0.452 e. The molecule has 0 N–H and O–H groups in total. The molecule has 9 aromatic rings. The second kappa shape index (κ2) is 12.5. The van der Waals surface area contributed by atoms with Crippen molar-refractivity contribution in [2.45, 2.75) is 0 Å². The van der Waals surface area contributed by atoms with E-state index >= 15 is 0 Å². The van der Waals surface area contributed by atoms with Crippen molar-refractivity contribution in [1.29, 1.82) is 0 Å². The van der Waals surface area contributed by atoms with Gasteiger partial charge in [-0.1, -0.05) is 116 Å². The molecule has 0 radical (unpaired) electrons. The Morgan fingerprint density at radius 3 is 1.96 bits per heavy atom. The zero-order valence-electron chi connectivity index (χ0n) is 26.7. The lowest BCUT2D eigenvalue weighted by Crippen LogP contribution is -2.00. The fourth-order valence-corrected chi connectivity index (χ4v) is 7.38. The molecule has 0 saturated carbocycles. The Hall–Kier alpha value is -6.57. The van der Waals surface area contributed by atoms with Crippen LogP contribution < -0.4 is 0 Å². The number of thiophene rings is 1. The van der Waals surface area contributed by atoms with Crippen LogP contribution in [0.25, 0.3) is 93.9 Å². The summed E-state index contributed by atoms with van der Waals surface area (Å²) < 4.78 is 8.53. The van der Waals surface area contributed by atoms with E-state index in [1.165, 1.54) is 0 Å². The summed E-state index contributed by atoms with van der Waals surface area (Å²) in [5, 5.41) is 3.20. The van der Waals surface area contributed by atoms with Crippen LogP contribution in [-0.4, -0.2) is 24.9 Å². The number of furan rings is 1. The number of hydrogen-bond donors (Lipinski definition) is 0. The molecule has 0 saturated heterocycles. The Bertz CT molecular complexity index is 2720. The number of hydrogen-bond acceptors (Lipinski definition) is 7. The summed E-state index contributed by atoms with van der Waals surface area (Å²) in [7, 11) is 0. The molecular weight excluding hydrogens is 635 g/mol. The summed E-state index contributed by atoms with van der Waals surface area (Å²) in [6.45, 7) is 3.77. The summed E-state index contributed by atoms with van der Waals surface area (Å²) in [6.07, 6.45) is 9.44. The molecule has 0 aliphatic rings. The summed E-state index contributed by atoms with van der Waals surface area (Å²) in [5.74, 6) is 2.54. The maximum Gasteiger partial charge on any atom is 0.179 e. The van der Waals surface area contributed by atoms with Gasteiger partial charge in [0.2, 0.25) is 0 Å². The smallest absolute Gasteiger partial charge is 0.179 e. The summed E-state index contributed by atoms with van der Waals surface area (Å²) in [5.41, 5.74) is 6.70. The number of nitrogens with zero attached hydrogens (tertiary/aromatic N) is 5. The Labute approximate surface area is 291 Å². The molecule has 0 fully saturated rings. The van der Waals surface area contributed by atoms with Crippen LogP contribution in [0.3, 0.4) is 0 Å². The maximum atomic E-state index is 6.26. The molecule has 236 valence electrons. The number of benzene rings is 5. The second-order valence-corrected chi connectivity index (χ2v) is 12.8. The SMILES string of the molecule is C=C/C=C\C=C\c1nc(-c2cccc3c2sc2ccc(-c4nc(-c5ccccc5)nc(-c5ccccc5)n4)cc23)nc2c1oc1ccccc12. The lowest BCUT2D eigenvalue weighted by molar-refractivity contribution is 0.664. The van der Waals surface area contributed by atoms with Crippen LogP contribution in [0.1, 0.15) is 5.69 Å². The van der Waals surface area contributed by atoms with Gasteiger partial charge in [-0.05, 0) is 42.5 Å². The number of aromatic nitrogens is 5. The Balaban J connectivity index is 1.21. The van der Waals surface area contributed by atoms with Gasteiger partial charge in [-0.25, -0.2) is 24.9 Å². The third-order valence-electron chi connectivity index (χ3n) is 8.55. The van der Waals surface area contributed by atoms with Crippen molar-refractivity contribution in [2.24, 2.45) is 0 Å². The van der Waals surface area contributed by atoms with Gasteiger partial charge in [0.1, 0.15) is 16.8 Å². The lowest BCUT2D eigenvalue weighted by Gasteiger charge is -2.08. The fourth-order valence-electron chi connectivity index (χ4n) is 6.19. The van der Waals surface area contributed by atoms with Gasteiger partial charge in [0, 0.05) is 47.8 Å². The first kappa shape index (κ1) is 29.6. The van der Waals surface area contributed by atoms with E-state index in [4.69, 9.17) is 29.3 Å². The molecule has 6 nitrogen and oxygen atoms in total. The van der Waals surface area contributed by atoms with Gasteiger partial charge in [-0.2, -0.15) is 0 Å². The first-order valence-corrected chi connectivity index (χ1v) is 17.0. The minimum atomic E-state index is 0.623. The topological polar surface area (TPSA) is 77.6 Å². The van der Waals surface area contributed by atoms with Gasteiger partial charge >= 0.3 is 0 Å². The Kier molecular flexibility index (Phi) is 7.37. The van der Waals surface area contributed by atoms with Crippen LogP contribution in [0.15, 0.2) is 157 Å². The average Bonchev–Trinajstić information content (AvgIpc) is 3.75. The molecule has 5 aromatic carbocycles. The van der Waals surface area contributed by atoms with Crippen molar-refractivity contribution in [1.82, 2.24) is 24.9 Å². The van der Waals surface area contributed by atoms with Crippen molar-refractivity contribution in [2.75, 3.05) is 0 Å². The van der Waals surface area contributed by atoms with Crippen molar-refractivity contribution in [3.8, 4) is 45.6 Å². The first-order valence-electron chi connectivity index (χ1n) is 16.2. The van der Waals surface area contributed by atoms with E-state index in [1.807, 2.05) is 109 Å². The van der Waals surface area contributed by atoms with Crippen LogP contribution in [0.2, 0.25) is 0 Å². The van der Waals surface area contributed by atoms with E-state index in [0.29, 0.717) is 34.6 Å². The molecule has 9 rings (SSSR count). The van der Waals surface area contributed by atoms with Gasteiger partial charge in [0.15, 0.2) is 28.9 Å². The van der Waals surface area contributed by atoms with Gasteiger partial charge in [0.05, 0.1) is 0 Å². The molecule has 0 amide bonds. The van der Waals surface area contributed by atoms with Gasteiger partial charge in [0.25, 0.3) is 0 Å². The number of fused-ring (bicyclic) bond motifs is 6. The summed E-state index contributed by atoms with van der Waals surface area (Å²) in [4.78, 5) is 25.0. The summed E-state index contributed by atoms with van der Waals surface area (Å²) >= 11 is 1.73. The molecule has 0 spiro atoms. The zero-order valence-corrected chi connectivity index (χ0v) is 27.5. The van der Waals surface area contributed by atoms with Crippen LogP contribution >= 0.6 is 11.3 Å². The van der Waals surface area contributed by atoms with Gasteiger partial charge < -0.3 is 4.42 Å². The van der Waals surface area contributed by atoms with Crippen molar-refractivity contribution >= 4 is 59.7 Å². The fraction of sp³-hybridized carbons (Fsp3) is 0. The van der Waals surface area contributed by atoms with Crippen molar-refractivity contribution in [3.05, 3.63) is 158 Å². The zero-order chi connectivity index (χ0) is 33.4. The highest BCUT2D eigenvalue weighted by Gasteiger charge is 2.19. The monoisotopic (exact) mass is 661 g/mol. The van der Waals surface area contributed by atoms with Crippen LogP contribution in [0, 0.1) is 0 Å². The third kappa shape index (κ3) is 5.26. The third-order valence-corrected chi connectivity index (χ3v) is 9.77. The van der Waals surface area contributed by atoms with E-state index in [2.05, 4.69) is 43.0 Å². The molecule has 4 heterocycles. The van der Waals surface area contributed by atoms with Crippen molar-refractivity contribution in [3.63, 3.8) is 0 Å². The number of para-hydroxylation sites is 1. The highest BCUT2D eigenvalue weighted by Crippen LogP contribution is 2.41. The van der Waals surface area contributed by atoms with Crippen LogP contribution in [-0.2, 0) is 0 Å².